The summed E-state index contributed by atoms with van der Waals surface area (Å²) in [5.41, 5.74) is -0.494. The standard InChI is InChI=1S/C31H39N5O6/c1-21(37)26(23-15-11-8-12-16-23)36-17-25(32-20-36)34-27(38)24(19-41-18-22-13-9-7-10-14-22)33-28(39)31(5,6)35-29(40)42-30(2,3)4/h7-17,20,24,26H,18-19H2,1-6H3,(H,33,39)(H,34,38)(H,35,40)/t24-,26?/m1/s1. The van der Waals surface area contributed by atoms with Crippen LogP contribution in [0.3, 0.4) is 0 Å². The number of hydrogen-bond acceptors (Lipinski definition) is 7. The number of nitrogens with one attached hydrogen (secondary N) is 3. The van der Waals surface area contributed by atoms with Crippen molar-refractivity contribution >= 4 is 29.5 Å². The fourth-order valence-electron chi connectivity index (χ4n) is 4.01. The number of ketones is 1. The second-order valence-electron chi connectivity index (χ2n) is 11.4. The van der Waals surface area contributed by atoms with Crippen molar-refractivity contribution in [3.05, 3.63) is 84.3 Å². The molecule has 0 aliphatic carbocycles. The van der Waals surface area contributed by atoms with Gasteiger partial charge in [0.05, 0.1) is 19.5 Å². The third-order valence-electron chi connectivity index (χ3n) is 6.05. The number of carbonyl (C=O) groups excluding carboxylic acids is 4. The van der Waals surface area contributed by atoms with E-state index >= 15 is 0 Å². The minimum atomic E-state index is -1.41. The molecule has 1 aromatic heterocycles. The van der Waals surface area contributed by atoms with Crippen LogP contribution in [-0.2, 0) is 30.5 Å². The summed E-state index contributed by atoms with van der Waals surface area (Å²) in [4.78, 5) is 55.6. The highest BCUT2D eigenvalue weighted by atomic mass is 16.6. The summed E-state index contributed by atoms with van der Waals surface area (Å²) in [6.07, 6.45) is 2.24. The van der Waals surface area contributed by atoms with Crippen molar-refractivity contribution in [2.75, 3.05) is 11.9 Å². The van der Waals surface area contributed by atoms with Gasteiger partial charge < -0.3 is 30.0 Å². The second-order valence-corrected chi connectivity index (χ2v) is 11.4. The van der Waals surface area contributed by atoms with Crippen LogP contribution in [0.5, 0.6) is 0 Å². The highest BCUT2D eigenvalue weighted by Crippen LogP contribution is 2.21. The van der Waals surface area contributed by atoms with Gasteiger partial charge in [-0.2, -0.15) is 0 Å². The van der Waals surface area contributed by atoms with Gasteiger partial charge in [0.15, 0.2) is 11.6 Å². The lowest BCUT2D eigenvalue weighted by atomic mass is 10.0. The number of ether oxygens (including phenoxy) is 2. The first-order chi connectivity index (χ1) is 19.7. The number of alkyl carbamates (subject to hydrolysis) is 1. The number of hydrogen-bond donors (Lipinski definition) is 3. The van der Waals surface area contributed by atoms with E-state index in [2.05, 4.69) is 20.9 Å². The molecule has 0 aliphatic rings. The lowest BCUT2D eigenvalue weighted by Crippen LogP contribution is -2.59. The van der Waals surface area contributed by atoms with Crippen LogP contribution in [-0.4, -0.2) is 57.0 Å². The molecule has 1 heterocycles. The van der Waals surface area contributed by atoms with Crippen LogP contribution < -0.4 is 16.0 Å². The summed E-state index contributed by atoms with van der Waals surface area (Å²) in [5.74, 6) is -1.12. The van der Waals surface area contributed by atoms with E-state index in [-0.39, 0.29) is 24.8 Å². The number of benzene rings is 2. The molecular weight excluding hydrogens is 538 g/mol. The topological polar surface area (TPSA) is 141 Å². The Balaban J connectivity index is 1.74. The van der Waals surface area contributed by atoms with Gasteiger partial charge in [0.25, 0.3) is 5.91 Å². The summed E-state index contributed by atoms with van der Waals surface area (Å²) in [5, 5.41) is 7.90. The average Bonchev–Trinajstić information content (AvgIpc) is 3.35. The van der Waals surface area contributed by atoms with Crippen molar-refractivity contribution in [3.8, 4) is 0 Å². The first-order valence-corrected chi connectivity index (χ1v) is 13.6. The van der Waals surface area contributed by atoms with E-state index in [1.165, 1.54) is 27.1 Å². The fraction of sp³-hybridized carbons (Fsp3) is 0.387. The highest BCUT2D eigenvalue weighted by molar-refractivity contribution is 5.98. The molecule has 11 heteroatoms. The maximum absolute atomic E-state index is 13.4. The number of rotatable bonds is 12. The Morgan fingerprint density at radius 2 is 1.55 bits per heavy atom. The highest BCUT2D eigenvalue weighted by Gasteiger charge is 2.34. The van der Waals surface area contributed by atoms with Gasteiger partial charge in [0, 0.05) is 6.20 Å². The largest absolute Gasteiger partial charge is 0.444 e. The second kappa shape index (κ2) is 13.9. The van der Waals surface area contributed by atoms with E-state index in [4.69, 9.17) is 9.47 Å². The van der Waals surface area contributed by atoms with Crippen molar-refractivity contribution in [2.24, 2.45) is 0 Å². The Kier molecular flexibility index (Phi) is 10.6. The van der Waals surface area contributed by atoms with Gasteiger partial charge in [0.1, 0.15) is 23.2 Å². The first kappa shape index (κ1) is 32.0. The lowest BCUT2D eigenvalue weighted by molar-refractivity contribution is -0.131. The molecule has 2 aromatic carbocycles. The Morgan fingerprint density at radius 1 is 0.929 bits per heavy atom. The van der Waals surface area contributed by atoms with Gasteiger partial charge in [-0.15, -0.1) is 0 Å². The first-order valence-electron chi connectivity index (χ1n) is 13.6. The zero-order chi connectivity index (χ0) is 30.9. The molecule has 3 rings (SSSR count). The van der Waals surface area contributed by atoms with Crippen LogP contribution in [0.15, 0.2) is 73.2 Å². The number of imidazole rings is 1. The van der Waals surface area contributed by atoms with Crippen LogP contribution in [0.4, 0.5) is 10.6 Å². The molecule has 3 N–H and O–H groups in total. The maximum atomic E-state index is 13.4. The predicted molar refractivity (Wildman–Crippen MR) is 158 cm³/mol. The van der Waals surface area contributed by atoms with Crippen molar-refractivity contribution in [3.63, 3.8) is 0 Å². The van der Waals surface area contributed by atoms with Crippen LogP contribution in [0.2, 0.25) is 0 Å². The summed E-state index contributed by atoms with van der Waals surface area (Å²) in [7, 11) is 0. The van der Waals surface area contributed by atoms with Gasteiger partial charge >= 0.3 is 6.09 Å². The Hall–Kier alpha value is -4.51. The van der Waals surface area contributed by atoms with Gasteiger partial charge in [-0.05, 0) is 52.7 Å². The van der Waals surface area contributed by atoms with Gasteiger partial charge in [0.2, 0.25) is 5.91 Å². The SMILES string of the molecule is CC(=O)C(c1ccccc1)n1cnc(NC(=O)[C@@H](COCc2ccccc2)NC(=O)C(C)(C)NC(=O)OC(C)(C)C)c1. The third kappa shape index (κ3) is 9.55. The number of aromatic nitrogens is 2. The van der Waals surface area contributed by atoms with E-state index in [1.54, 1.807) is 31.5 Å². The molecule has 11 nitrogen and oxygen atoms in total. The fourth-order valence-corrected chi connectivity index (χ4v) is 4.01. The maximum Gasteiger partial charge on any atom is 0.408 e. The van der Waals surface area contributed by atoms with E-state index in [0.29, 0.717) is 0 Å². The minimum absolute atomic E-state index is 0.101. The summed E-state index contributed by atoms with van der Waals surface area (Å²) >= 11 is 0. The molecule has 0 radical (unpaired) electrons. The minimum Gasteiger partial charge on any atom is -0.444 e. The summed E-state index contributed by atoms with van der Waals surface area (Å²) in [6.45, 7) is 9.68. The molecule has 0 spiro atoms. The number of Topliss-reactive ketones (excluding diaryl/α,β-unsaturated/α-hetero) is 1. The van der Waals surface area contributed by atoms with Crippen molar-refractivity contribution in [1.82, 2.24) is 20.2 Å². The molecule has 0 bridgehead atoms. The van der Waals surface area contributed by atoms with E-state index < -0.39 is 41.1 Å². The molecule has 3 aromatic rings. The van der Waals surface area contributed by atoms with Crippen molar-refractivity contribution in [1.29, 1.82) is 0 Å². The Bertz CT molecular complexity index is 1370. The van der Waals surface area contributed by atoms with Crippen LogP contribution in [0.1, 0.15) is 58.7 Å². The number of amides is 3. The quantitative estimate of drug-likeness (QED) is 0.295. The average molecular weight is 578 g/mol. The zero-order valence-corrected chi connectivity index (χ0v) is 24.8. The van der Waals surface area contributed by atoms with Gasteiger partial charge in [-0.25, -0.2) is 9.78 Å². The molecule has 0 fully saturated rings. The van der Waals surface area contributed by atoms with Gasteiger partial charge in [-0.1, -0.05) is 60.7 Å². The zero-order valence-electron chi connectivity index (χ0n) is 24.8. The van der Waals surface area contributed by atoms with Crippen molar-refractivity contribution in [2.45, 2.75) is 71.4 Å². The van der Waals surface area contributed by atoms with Crippen LogP contribution >= 0.6 is 0 Å². The molecule has 3 amide bonds. The number of carbonyl (C=O) groups is 4. The molecule has 42 heavy (non-hydrogen) atoms. The Labute approximate surface area is 246 Å². The monoisotopic (exact) mass is 577 g/mol. The van der Waals surface area contributed by atoms with E-state index in [0.717, 1.165) is 11.1 Å². The summed E-state index contributed by atoms with van der Waals surface area (Å²) < 4.78 is 12.7. The lowest BCUT2D eigenvalue weighted by Gasteiger charge is -2.29. The van der Waals surface area contributed by atoms with E-state index in [1.807, 2.05) is 60.7 Å². The molecule has 224 valence electrons. The van der Waals surface area contributed by atoms with E-state index in [9.17, 15) is 19.2 Å². The molecule has 0 saturated heterocycles. The van der Waals surface area contributed by atoms with Crippen LogP contribution in [0, 0.1) is 0 Å². The molecule has 2 atom stereocenters. The number of nitrogens with zero attached hydrogens (tertiary/aromatic N) is 2. The molecule has 1 unspecified atom stereocenters. The smallest absolute Gasteiger partial charge is 0.408 e. The third-order valence-corrected chi connectivity index (χ3v) is 6.05. The van der Waals surface area contributed by atoms with Gasteiger partial charge in [-0.3, -0.25) is 14.4 Å². The Morgan fingerprint density at radius 3 is 2.14 bits per heavy atom. The van der Waals surface area contributed by atoms with Crippen LogP contribution in [0.25, 0.3) is 0 Å². The molecule has 0 aliphatic heterocycles. The predicted octanol–water partition coefficient (Wildman–Crippen LogP) is 4.00. The molecule has 0 saturated carbocycles. The summed E-state index contributed by atoms with van der Waals surface area (Å²) in [6, 6.07) is 16.9. The normalized spacial score (nSPS) is 13.0. The molecular formula is C31H39N5O6. The van der Waals surface area contributed by atoms with Crippen molar-refractivity contribution < 1.29 is 28.7 Å². The number of anilines is 1.